The van der Waals surface area contributed by atoms with Crippen molar-refractivity contribution in [2.24, 2.45) is 0 Å². The summed E-state index contributed by atoms with van der Waals surface area (Å²) in [5.41, 5.74) is 1.45. The van der Waals surface area contributed by atoms with Gasteiger partial charge in [-0.15, -0.1) is 0 Å². The molecule has 0 heterocycles. The number of carbonyl (C=O) groups excluding carboxylic acids is 1. The number of carbonyl (C=O) groups is 1. The quantitative estimate of drug-likeness (QED) is 0.799. The summed E-state index contributed by atoms with van der Waals surface area (Å²) in [6.45, 7) is 1.93. The standard InChI is InChI=1S/C17H17Cl2NO2/c1-11(15-9-6-13(18)10-16(15)19)20(2)17(21)12-4-7-14(22-3)8-5-12/h4-11H,1-3H3. The molecule has 0 bridgehead atoms. The largest absolute Gasteiger partial charge is 0.497 e. The van der Waals surface area contributed by atoms with Crippen LogP contribution in [-0.2, 0) is 0 Å². The Morgan fingerprint density at radius 3 is 2.32 bits per heavy atom. The number of methoxy groups -OCH3 is 1. The van der Waals surface area contributed by atoms with Crippen molar-refractivity contribution in [2.45, 2.75) is 13.0 Å². The van der Waals surface area contributed by atoms with Gasteiger partial charge < -0.3 is 9.64 Å². The van der Waals surface area contributed by atoms with E-state index in [1.807, 2.05) is 13.0 Å². The highest BCUT2D eigenvalue weighted by atomic mass is 35.5. The van der Waals surface area contributed by atoms with E-state index in [0.29, 0.717) is 21.4 Å². The maximum Gasteiger partial charge on any atom is 0.254 e. The van der Waals surface area contributed by atoms with E-state index in [1.165, 1.54) is 0 Å². The van der Waals surface area contributed by atoms with E-state index >= 15 is 0 Å². The molecule has 0 spiro atoms. The van der Waals surface area contributed by atoms with Crippen LogP contribution < -0.4 is 4.74 Å². The van der Waals surface area contributed by atoms with Crippen LogP contribution in [0.1, 0.15) is 28.9 Å². The third kappa shape index (κ3) is 3.54. The minimum atomic E-state index is -0.167. The van der Waals surface area contributed by atoms with Crippen LogP contribution in [0.25, 0.3) is 0 Å². The zero-order chi connectivity index (χ0) is 16.3. The summed E-state index contributed by atoms with van der Waals surface area (Å²) < 4.78 is 5.10. The molecule has 0 saturated carbocycles. The van der Waals surface area contributed by atoms with Crippen molar-refractivity contribution in [3.05, 3.63) is 63.6 Å². The Kier molecular flexibility index (Phi) is 5.33. The molecule has 1 unspecified atom stereocenters. The van der Waals surface area contributed by atoms with Gasteiger partial charge in [0, 0.05) is 22.7 Å². The Bertz CT molecular complexity index is 671. The monoisotopic (exact) mass is 337 g/mol. The van der Waals surface area contributed by atoms with Crippen LogP contribution in [0.4, 0.5) is 0 Å². The van der Waals surface area contributed by atoms with Crippen LogP contribution in [0.2, 0.25) is 10.0 Å². The van der Waals surface area contributed by atoms with Crippen molar-refractivity contribution in [3.63, 3.8) is 0 Å². The second kappa shape index (κ2) is 7.03. The first-order valence-electron chi connectivity index (χ1n) is 6.80. The van der Waals surface area contributed by atoms with Gasteiger partial charge in [0.05, 0.1) is 13.2 Å². The Morgan fingerprint density at radius 2 is 1.77 bits per heavy atom. The van der Waals surface area contributed by atoms with Crippen molar-refractivity contribution < 1.29 is 9.53 Å². The number of halogens is 2. The molecule has 1 amide bonds. The Morgan fingerprint density at radius 1 is 1.14 bits per heavy atom. The summed E-state index contributed by atoms with van der Waals surface area (Å²) in [4.78, 5) is 14.2. The van der Waals surface area contributed by atoms with E-state index in [9.17, 15) is 4.79 Å². The fraction of sp³-hybridized carbons (Fsp3) is 0.235. The molecule has 0 N–H and O–H groups in total. The number of hydrogen-bond donors (Lipinski definition) is 0. The van der Waals surface area contributed by atoms with E-state index in [4.69, 9.17) is 27.9 Å². The lowest BCUT2D eigenvalue weighted by Gasteiger charge is -2.26. The van der Waals surface area contributed by atoms with Crippen LogP contribution in [-0.4, -0.2) is 25.0 Å². The topological polar surface area (TPSA) is 29.5 Å². The molecule has 0 saturated heterocycles. The average molecular weight is 338 g/mol. The molecule has 0 aliphatic heterocycles. The molecule has 0 aromatic heterocycles. The third-order valence-corrected chi connectivity index (χ3v) is 4.21. The highest BCUT2D eigenvalue weighted by molar-refractivity contribution is 6.35. The molecule has 0 aliphatic carbocycles. The van der Waals surface area contributed by atoms with Crippen LogP contribution in [0.5, 0.6) is 5.75 Å². The van der Waals surface area contributed by atoms with Gasteiger partial charge in [-0.05, 0) is 48.9 Å². The second-order valence-corrected chi connectivity index (χ2v) is 5.83. The predicted molar refractivity (Wildman–Crippen MR) is 90.0 cm³/mol. The first kappa shape index (κ1) is 16.7. The van der Waals surface area contributed by atoms with Gasteiger partial charge in [0.15, 0.2) is 0 Å². The first-order valence-corrected chi connectivity index (χ1v) is 7.55. The number of nitrogens with zero attached hydrogens (tertiary/aromatic N) is 1. The Hall–Kier alpha value is -1.71. The average Bonchev–Trinajstić information content (AvgIpc) is 2.53. The smallest absolute Gasteiger partial charge is 0.254 e. The van der Waals surface area contributed by atoms with Gasteiger partial charge in [0.1, 0.15) is 5.75 Å². The minimum Gasteiger partial charge on any atom is -0.497 e. The number of benzene rings is 2. The maximum absolute atomic E-state index is 12.6. The third-order valence-electron chi connectivity index (χ3n) is 3.65. The van der Waals surface area contributed by atoms with Gasteiger partial charge in [0.2, 0.25) is 0 Å². The molecule has 2 aromatic carbocycles. The fourth-order valence-electron chi connectivity index (χ4n) is 2.16. The molecule has 1 atom stereocenters. The summed E-state index contributed by atoms with van der Waals surface area (Å²) in [5.74, 6) is 0.633. The van der Waals surface area contributed by atoms with Crippen LogP contribution in [0.3, 0.4) is 0 Å². The van der Waals surface area contributed by atoms with Crippen LogP contribution in [0.15, 0.2) is 42.5 Å². The lowest BCUT2D eigenvalue weighted by molar-refractivity contribution is 0.0742. The zero-order valence-corrected chi connectivity index (χ0v) is 14.2. The van der Waals surface area contributed by atoms with Crippen molar-refractivity contribution in [1.82, 2.24) is 4.90 Å². The van der Waals surface area contributed by atoms with Gasteiger partial charge >= 0.3 is 0 Å². The summed E-state index contributed by atoms with van der Waals surface area (Å²) in [7, 11) is 3.34. The fourth-order valence-corrected chi connectivity index (χ4v) is 2.73. The molecular formula is C17H17Cl2NO2. The van der Waals surface area contributed by atoms with Gasteiger partial charge in [-0.2, -0.15) is 0 Å². The first-order chi connectivity index (χ1) is 10.4. The molecular weight excluding hydrogens is 321 g/mol. The van der Waals surface area contributed by atoms with Gasteiger partial charge in [-0.1, -0.05) is 29.3 Å². The molecule has 0 radical (unpaired) electrons. The Labute approximate surface area is 140 Å². The van der Waals surface area contributed by atoms with E-state index in [-0.39, 0.29) is 11.9 Å². The number of amides is 1. The van der Waals surface area contributed by atoms with Crippen molar-refractivity contribution in [1.29, 1.82) is 0 Å². The molecule has 2 rings (SSSR count). The SMILES string of the molecule is COc1ccc(C(=O)N(C)C(C)c2ccc(Cl)cc2Cl)cc1. The van der Waals surface area contributed by atoms with Crippen LogP contribution >= 0.6 is 23.2 Å². The molecule has 22 heavy (non-hydrogen) atoms. The van der Waals surface area contributed by atoms with E-state index < -0.39 is 0 Å². The summed E-state index contributed by atoms with van der Waals surface area (Å²) >= 11 is 12.1. The summed E-state index contributed by atoms with van der Waals surface area (Å²) in [5, 5.41) is 1.12. The van der Waals surface area contributed by atoms with E-state index in [0.717, 1.165) is 5.56 Å². The van der Waals surface area contributed by atoms with Crippen molar-refractivity contribution in [3.8, 4) is 5.75 Å². The van der Waals surface area contributed by atoms with Gasteiger partial charge in [-0.3, -0.25) is 4.79 Å². The summed E-state index contributed by atoms with van der Waals surface area (Å²) in [6, 6.07) is 12.1. The van der Waals surface area contributed by atoms with Crippen molar-refractivity contribution in [2.75, 3.05) is 14.2 Å². The van der Waals surface area contributed by atoms with Gasteiger partial charge in [-0.25, -0.2) is 0 Å². The zero-order valence-electron chi connectivity index (χ0n) is 12.6. The number of ether oxygens (including phenoxy) is 1. The number of rotatable bonds is 4. The molecule has 5 heteroatoms. The minimum absolute atomic E-state index is 0.0823. The van der Waals surface area contributed by atoms with E-state index in [2.05, 4.69) is 0 Å². The van der Waals surface area contributed by atoms with E-state index in [1.54, 1.807) is 55.5 Å². The molecule has 2 aromatic rings. The maximum atomic E-state index is 12.6. The Balaban J connectivity index is 2.21. The summed E-state index contributed by atoms with van der Waals surface area (Å²) in [6.07, 6.45) is 0. The van der Waals surface area contributed by atoms with Gasteiger partial charge in [0.25, 0.3) is 5.91 Å². The lowest BCUT2D eigenvalue weighted by atomic mass is 10.1. The normalized spacial score (nSPS) is 11.9. The molecule has 3 nitrogen and oxygen atoms in total. The highest BCUT2D eigenvalue weighted by Gasteiger charge is 2.20. The lowest BCUT2D eigenvalue weighted by Crippen LogP contribution is -2.29. The highest BCUT2D eigenvalue weighted by Crippen LogP contribution is 2.29. The predicted octanol–water partition coefficient (Wildman–Crippen LogP) is 4.84. The molecule has 0 aliphatic rings. The second-order valence-electron chi connectivity index (χ2n) is 4.99. The number of hydrogen-bond acceptors (Lipinski definition) is 2. The van der Waals surface area contributed by atoms with Crippen LogP contribution in [0, 0.1) is 0 Å². The molecule has 116 valence electrons. The molecule has 0 fully saturated rings. The van der Waals surface area contributed by atoms with Crippen molar-refractivity contribution >= 4 is 29.1 Å².